The average Bonchev–Trinajstić information content (AvgIpc) is 3.07. The van der Waals surface area contributed by atoms with Crippen LogP contribution in [0.3, 0.4) is 0 Å². The summed E-state index contributed by atoms with van der Waals surface area (Å²) in [5.41, 5.74) is 0.909. The Labute approximate surface area is 125 Å². The van der Waals surface area contributed by atoms with Crippen LogP contribution < -0.4 is 10.1 Å². The summed E-state index contributed by atoms with van der Waals surface area (Å²) >= 11 is 3.47. The number of ether oxygens (including phenoxy) is 1. The van der Waals surface area contributed by atoms with Crippen molar-refractivity contribution in [2.75, 3.05) is 13.7 Å². The number of halogens is 1. The van der Waals surface area contributed by atoms with Gasteiger partial charge in [0.1, 0.15) is 5.75 Å². The van der Waals surface area contributed by atoms with Crippen LogP contribution in [0, 0.1) is 0 Å². The molecule has 20 heavy (non-hydrogen) atoms. The van der Waals surface area contributed by atoms with Crippen molar-refractivity contribution in [1.29, 1.82) is 0 Å². The molecule has 1 fully saturated rings. The van der Waals surface area contributed by atoms with Crippen LogP contribution in [0.1, 0.15) is 25.2 Å². The maximum atomic E-state index is 5.42. The van der Waals surface area contributed by atoms with Crippen LogP contribution in [0.15, 0.2) is 27.2 Å². The fourth-order valence-electron chi connectivity index (χ4n) is 2.50. The first-order chi connectivity index (χ1) is 9.69. The van der Waals surface area contributed by atoms with Gasteiger partial charge >= 0.3 is 0 Å². The number of hydrogen-bond donors (Lipinski definition) is 1. The molecular formula is C14H16BrN3O2. The predicted octanol–water partition coefficient (Wildman–Crippen LogP) is 2.97. The van der Waals surface area contributed by atoms with Gasteiger partial charge in [-0.05, 0) is 54.0 Å². The molecule has 0 amide bonds. The first kappa shape index (κ1) is 13.6. The van der Waals surface area contributed by atoms with E-state index in [0.29, 0.717) is 23.7 Å². The van der Waals surface area contributed by atoms with Crippen LogP contribution in [0.2, 0.25) is 0 Å². The van der Waals surface area contributed by atoms with Gasteiger partial charge in [0.2, 0.25) is 11.7 Å². The normalized spacial score (nSPS) is 22.1. The summed E-state index contributed by atoms with van der Waals surface area (Å²) < 4.78 is 11.5. The molecule has 1 aliphatic heterocycles. The van der Waals surface area contributed by atoms with E-state index in [1.165, 1.54) is 0 Å². The second-order valence-corrected chi connectivity index (χ2v) is 5.80. The Kier molecular flexibility index (Phi) is 3.76. The van der Waals surface area contributed by atoms with Gasteiger partial charge in [0.15, 0.2) is 0 Å². The largest absolute Gasteiger partial charge is 0.496 e. The van der Waals surface area contributed by atoms with Crippen molar-refractivity contribution >= 4 is 15.9 Å². The SMILES string of the molecule is COc1ccc(-c2noc(C3CCNC3C)n2)cc1Br. The molecular weight excluding hydrogens is 322 g/mol. The molecule has 0 saturated carbocycles. The third-order valence-electron chi connectivity index (χ3n) is 3.69. The Morgan fingerprint density at radius 1 is 1.45 bits per heavy atom. The first-order valence-corrected chi connectivity index (χ1v) is 7.39. The number of methoxy groups -OCH3 is 1. The van der Waals surface area contributed by atoms with Gasteiger partial charge in [0.25, 0.3) is 0 Å². The third-order valence-corrected chi connectivity index (χ3v) is 4.31. The summed E-state index contributed by atoms with van der Waals surface area (Å²) in [7, 11) is 1.64. The minimum atomic E-state index is 0.304. The summed E-state index contributed by atoms with van der Waals surface area (Å²) in [5.74, 6) is 2.41. The molecule has 0 aliphatic carbocycles. The van der Waals surface area contributed by atoms with Gasteiger partial charge in [-0.2, -0.15) is 4.98 Å². The number of aromatic nitrogens is 2. The summed E-state index contributed by atoms with van der Waals surface area (Å²) in [5, 5.41) is 7.48. The van der Waals surface area contributed by atoms with E-state index >= 15 is 0 Å². The summed E-state index contributed by atoms with van der Waals surface area (Å²) in [6.07, 6.45) is 1.04. The van der Waals surface area contributed by atoms with E-state index < -0.39 is 0 Å². The molecule has 1 aliphatic rings. The van der Waals surface area contributed by atoms with E-state index in [-0.39, 0.29) is 0 Å². The molecule has 2 atom stereocenters. The minimum Gasteiger partial charge on any atom is -0.496 e. The number of benzene rings is 1. The van der Waals surface area contributed by atoms with Gasteiger partial charge in [0, 0.05) is 11.6 Å². The lowest BCUT2D eigenvalue weighted by atomic mass is 10.0. The molecule has 2 aromatic rings. The van der Waals surface area contributed by atoms with E-state index in [1.54, 1.807) is 7.11 Å². The summed E-state index contributed by atoms with van der Waals surface area (Å²) in [6, 6.07) is 6.12. The highest BCUT2D eigenvalue weighted by atomic mass is 79.9. The molecule has 106 valence electrons. The third kappa shape index (κ3) is 2.45. The van der Waals surface area contributed by atoms with Gasteiger partial charge in [-0.3, -0.25) is 0 Å². The van der Waals surface area contributed by atoms with Gasteiger partial charge in [-0.15, -0.1) is 0 Å². The number of rotatable bonds is 3. The Balaban J connectivity index is 1.88. The van der Waals surface area contributed by atoms with Crippen LogP contribution in [-0.2, 0) is 0 Å². The van der Waals surface area contributed by atoms with E-state index in [1.807, 2.05) is 18.2 Å². The van der Waals surface area contributed by atoms with E-state index in [2.05, 4.69) is 38.3 Å². The van der Waals surface area contributed by atoms with Gasteiger partial charge in [-0.25, -0.2) is 0 Å². The van der Waals surface area contributed by atoms with Crippen molar-refractivity contribution in [3.8, 4) is 17.1 Å². The van der Waals surface area contributed by atoms with Gasteiger partial charge < -0.3 is 14.6 Å². The first-order valence-electron chi connectivity index (χ1n) is 6.60. The summed E-state index contributed by atoms with van der Waals surface area (Å²) in [4.78, 5) is 4.53. The molecule has 3 rings (SSSR count). The highest BCUT2D eigenvalue weighted by molar-refractivity contribution is 9.10. The average molecular weight is 338 g/mol. The monoisotopic (exact) mass is 337 g/mol. The molecule has 0 spiro atoms. The molecule has 1 aromatic heterocycles. The van der Waals surface area contributed by atoms with E-state index in [9.17, 15) is 0 Å². The zero-order chi connectivity index (χ0) is 14.1. The van der Waals surface area contributed by atoms with Gasteiger partial charge in [-0.1, -0.05) is 5.16 Å². The maximum absolute atomic E-state index is 5.42. The number of hydrogen-bond acceptors (Lipinski definition) is 5. The van der Waals surface area contributed by atoms with Crippen LogP contribution in [0.4, 0.5) is 0 Å². The lowest BCUT2D eigenvalue weighted by molar-refractivity contribution is 0.345. The maximum Gasteiger partial charge on any atom is 0.231 e. The summed E-state index contributed by atoms with van der Waals surface area (Å²) in [6.45, 7) is 3.14. The lowest BCUT2D eigenvalue weighted by Gasteiger charge is -2.08. The Hall–Kier alpha value is -1.40. The Bertz CT molecular complexity index is 614. The van der Waals surface area contributed by atoms with Crippen LogP contribution in [0.25, 0.3) is 11.4 Å². The fourth-order valence-corrected chi connectivity index (χ4v) is 3.05. The van der Waals surface area contributed by atoms with Gasteiger partial charge in [0.05, 0.1) is 17.5 Å². The van der Waals surface area contributed by atoms with E-state index in [4.69, 9.17) is 9.26 Å². The zero-order valence-corrected chi connectivity index (χ0v) is 13.0. The van der Waals surface area contributed by atoms with Crippen molar-refractivity contribution in [1.82, 2.24) is 15.5 Å². The van der Waals surface area contributed by atoms with Crippen LogP contribution in [-0.4, -0.2) is 29.8 Å². The fraction of sp³-hybridized carbons (Fsp3) is 0.429. The second kappa shape index (κ2) is 5.54. The topological polar surface area (TPSA) is 60.2 Å². The lowest BCUT2D eigenvalue weighted by Crippen LogP contribution is -2.21. The van der Waals surface area contributed by atoms with Crippen LogP contribution >= 0.6 is 15.9 Å². The number of nitrogens with zero attached hydrogens (tertiary/aromatic N) is 2. The number of nitrogens with one attached hydrogen (secondary N) is 1. The second-order valence-electron chi connectivity index (χ2n) is 4.94. The molecule has 2 heterocycles. The molecule has 1 aromatic carbocycles. The molecule has 1 N–H and O–H groups in total. The quantitative estimate of drug-likeness (QED) is 0.932. The van der Waals surface area contributed by atoms with Crippen molar-refractivity contribution in [3.05, 3.63) is 28.6 Å². The smallest absolute Gasteiger partial charge is 0.231 e. The van der Waals surface area contributed by atoms with Crippen molar-refractivity contribution in [2.24, 2.45) is 0 Å². The highest BCUT2D eigenvalue weighted by Gasteiger charge is 2.29. The van der Waals surface area contributed by atoms with Crippen molar-refractivity contribution in [3.63, 3.8) is 0 Å². The minimum absolute atomic E-state index is 0.304. The molecule has 6 heteroatoms. The highest BCUT2D eigenvalue weighted by Crippen LogP contribution is 2.31. The van der Waals surface area contributed by atoms with Crippen molar-refractivity contribution in [2.45, 2.75) is 25.3 Å². The van der Waals surface area contributed by atoms with Crippen molar-refractivity contribution < 1.29 is 9.26 Å². The molecule has 5 nitrogen and oxygen atoms in total. The Morgan fingerprint density at radius 3 is 2.95 bits per heavy atom. The van der Waals surface area contributed by atoms with E-state index in [0.717, 1.165) is 28.8 Å². The molecule has 0 bridgehead atoms. The zero-order valence-electron chi connectivity index (χ0n) is 11.4. The van der Waals surface area contributed by atoms with Crippen LogP contribution in [0.5, 0.6) is 5.75 Å². The molecule has 0 radical (unpaired) electrons. The Morgan fingerprint density at radius 2 is 2.30 bits per heavy atom. The molecule has 2 unspecified atom stereocenters. The standard InChI is InChI=1S/C14H16BrN3O2/c1-8-10(5-6-16-8)14-17-13(18-20-14)9-3-4-12(19-2)11(15)7-9/h3-4,7-8,10,16H,5-6H2,1-2H3. The predicted molar refractivity (Wildman–Crippen MR) is 78.8 cm³/mol. The molecule has 1 saturated heterocycles.